The van der Waals surface area contributed by atoms with Gasteiger partial charge >= 0.3 is 0 Å². The monoisotopic (exact) mass is 470 g/mol. The van der Waals surface area contributed by atoms with E-state index in [1.807, 2.05) is 70.5 Å². The highest BCUT2D eigenvalue weighted by atomic mass is 16.5. The molecule has 0 saturated heterocycles. The summed E-state index contributed by atoms with van der Waals surface area (Å²) in [7, 11) is 1.61. The minimum atomic E-state index is -0.141. The highest BCUT2D eigenvalue weighted by Crippen LogP contribution is 2.43. The third-order valence-electron chi connectivity index (χ3n) is 6.73. The summed E-state index contributed by atoms with van der Waals surface area (Å²) >= 11 is 0. The van der Waals surface area contributed by atoms with Gasteiger partial charge in [0.05, 0.1) is 13.2 Å². The van der Waals surface area contributed by atoms with Gasteiger partial charge in [0, 0.05) is 29.4 Å². The van der Waals surface area contributed by atoms with E-state index in [1.54, 1.807) is 19.2 Å². The first-order chi connectivity index (χ1) is 17.0. The number of unbranched alkanes of at least 4 members (excludes halogenated alkanes) is 2. The molecule has 5 heteroatoms. The number of benzene rings is 3. The maximum absolute atomic E-state index is 13.6. The molecule has 0 aliphatic carbocycles. The average Bonchev–Trinajstić information content (AvgIpc) is 2.89. The van der Waals surface area contributed by atoms with Crippen LogP contribution in [0.15, 0.2) is 78.9 Å². The number of fused-ring (bicyclic) bond motifs is 1. The Kier molecular flexibility index (Phi) is 7.86. The van der Waals surface area contributed by atoms with Crippen LogP contribution in [0.1, 0.15) is 67.9 Å². The largest absolute Gasteiger partial charge is 0.497 e. The van der Waals surface area contributed by atoms with Crippen molar-refractivity contribution in [1.82, 2.24) is 0 Å². The van der Waals surface area contributed by atoms with Gasteiger partial charge in [-0.1, -0.05) is 56.2 Å². The third-order valence-corrected chi connectivity index (χ3v) is 6.73. The standard InChI is InChI=1S/C30H34N2O3/c1-4-5-7-16-29(33)32(24-12-8-6-9-13-24)28-21-22(2)31(27-15-11-10-14-26(27)28)30(34)23-17-19-25(35-3)20-18-23/h6,8-15,17-20,22,28H,4-5,7,16,21H2,1-3H3/t22-,28-/m0/s1. The van der Waals surface area contributed by atoms with Gasteiger partial charge in [0.25, 0.3) is 5.91 Å². The molecule has 0 unspecified atom stereocenters. The second-order valence-electron chi connectivity index (χ2n) is 9.12. The normalized spacial score (nSPS) is 16.9. The fourth-order valence-electron chi connectivity index (χ4n) is 4.94. The van der Waals surface area contributed by atoms with Crippen molar-refractivity contribution in [3.63, 3.8) is 0 Å². The predicted molar refractivity (Wildman–Crippen MR) is 141 cm³/mol. The van der Waals surface area contributed by atoms with Crippen LogP contribution in [0.4, 0.5) is 11.4 Å². The summed E-state index contributed by atoms with van der Waals surface area (Å²) in [6, 6.07) is 24.9. The summed E-state index contributed by atoms with van der Waals surface area (Å²) in [5.41, 5.74) is 3.37. The number of hydrogen-bond acceptors (Lipinski definition) is 3. The van der Waals surface area contributed by atoms with Crippen LogP contribution in [-0.2, 0) is 4.79 Å². The van der Waals surface area contributed by atoms with E-state index in [4.69, 9.17) is 4.74 Å². The van der Waals surface area contributed by atoms with E-state index in [9.17, 15) is 9.59 Å². The Morgan fingerprint density at radius 1 is 0.943 bits per heavy atom. The number of para-hydroxylation sites is 2. The second-order valence-corrected chi connectivity index (χ2v) is 9.12. The number of anilines is 2. The zero-order chi connectivity index (χ0) is 24.8. The Morgan fingerprint density at radius 2 is 1.63 bits per heavy atom. The molecule has 5 nitrogen and oxygen atoms in total. The van der Waals surface area contributed by atoms with Crippen LogP contribution in [0.2, 0.25) is 0 Å². The molecular formula is C30H34N2O3. The summed E-state index contributed by atoms with van der Waals surface area (Å²) in [4.78, 5) is 31.0. The number of carbonyl (C=O) groups excluding carboxylic acids is 2. The van der Waals surface area contributed by atoms with Crippen molar-refractivity contribution in [2.75, 3.05) is 16.9 Å². The van der Waals surface area contributed by atoms with Crippen LogP contribution in [0.25, 0.3) is 0 Å². The van der Waals surface area contributed by atoms with Crippen LogP contribution >= 0.6 is 0 Å². The van der Waals surface area contributed by atoms with Crippen molar-refractivity contribution in [2.45, 2.75) is 58.0 Å². The van der Waals surface area contributed by atoms with Gasteiger partial charge in [0.2, 0.25) is 5.91 Å². The first kappa shape index (κ1) is 24.5. The molecule has 3 aromatic rings. The minimum Gasteiger partial charge on any atom is -0.497 e. The molecule has 182 valence electrons. The number of carbonyl (C=O) groups is 2. The van der Waals surface area contributed by atoms with Crippen LogP contribution in [-0.4, -0.2) is 25.0 Å². The van der Waals surface area contributed by atoms with Gasteiger partial charge in [0.1, 0.15) is 5.75 Å². The van der Waals surface area contributed by atoms with Crippen molar-refractivity contribution >= 4 is 23.2 Å². The van der Waals surface area contributed by atoms with Crippen molar-refractivity contribution in [2.24, 2.45) is 0 Å². The third kappa shape index (κ3) is 5.24. The molecule has 35 heavy (non-hydrogen) atoms. The molecule has 0 bridgehead atoms. The molecule has 1 heterocycles. The fraction of sp³-hybridized carbons (Fsp3) is 0.333. The summed E-state index contributed by atoms with van der Waals surface area (Å²) in [5, 5.41) is 0. The molecule has 0 spiro atoms. The number of ether oxygens (including phenoxy) is 1. The highest BCUT2D eigenvalue weighted by Gasteiger charge is 2.38. The maximum atomic E-state index is 13.6. The second kappa shape index (κ2) is 11.2. The molecule has 1 aliphatic heterocycles. The minimum absolute atomic E-state index is 0.0495. The Balaban J connectivity index is 1.72. The first-order valence-electron chi connectivity index (χ1n) is 12.5. The van der Waals surface area contributed by atoms with E-state index in [0.29, 0.717) is 24.2 Å². The van der Waals surface area contributed by atoms with E-state index in [1.165, 1.54) is 0 Å². The van der Waals surface area contributed by atoms with E-state index < -0.39 is 0 Å². The number of hydrogen-bond donors (Lipinski definition) is 0. The quantitative estimate of drug-likeness (QED) is 0.341. The number of rotatable bonds is 8. The van der Waals surface area contributed by atoms with Crippen LogP contribution in [0.3, 0.4) is 0 Å². The smallest absolute Gasteiger partial charge is 0.258 e. The van der Waals surface area contributed by atoms with Crippen molar-refractivity contribution in [1.29, 1.82) is 0 Å². The molecule has 0 fully saturated rings. The van der Waals surface area contributed by atoms with Gasteiger partial charge in [-0.05, 0) is 67.8 Å². The van der Waals surface area contributed by atoms with Gasteiger partial charge < -0.3 is 14.5 Å². The summed E-state index contributed by atoms with van der Waals surface area (Å²) in [6.07, 6.45) is 4.17. The molecule has 3 aromatic carbocycles. The molecular weight excluding hydrogens is 436 g/mol. The molecule has 0 N–H and O–H groups in total. The zero-order valence-corrected chi connectivity index (χ0v) is 20.8. The van der Waals surface area contributed by atoms with E-state index >= 15 is 0 Å². The average molecular weight is 471 g/mol. The van der Waals surface area contributed by atoms with E-state index in [-0.39, 0.29) is 23.9 Å². The molecule has 2 amide bonds. The topological polar surface area (TPSA) is 49.9 Å². The zero-order valence-electron chi connectivity index (χ0n) is 20.8. The van der Waals surface area contributed by atoms with Gasteiger partial charge in [-0.2, -0.15) is 0 Å². The lowest BCUT2D eigenvalue weighted by molar-refractivity contribution is -0.119. The molecule has 4 rings (SSSR count). The molecule has 0 saturated carbocycles. The maximum Gasteiger partial charge on any atom is 0.258 e. The Hall–Kier alpha value is -3.60. The predicted octanol–water partition coefficient (Wildman–Crippen LogP) is 6.79. The SMILES string of the molecule is CCCCCC(=O)N(c1ccccc1)[C@H]1C[C@H](C)N(C(=O)c2ccc(OC)cc2)c2ccccc21. The number of methoxy groups -OCH3 is 1. The Bertz CT molecular complexity index is 1140. The van der Waals surface area contributed by atoms with Gasteiger partial charge in [-0.25, -0.2) is 0 Å². The highest BCUT2D eigenvalue weighted by molar-refractivity contribution is 6.07. The molecule has 1 aliphatic rings. The first-order valence-corrected chi connectivity index (χ1v) is 12.5. The van der Waals surface area contributed by atoms with Crippen molar-refractivity contribution < 1.29 is 14.3 Å². The van der Waals surface area contributed by atoms with Gasteiger partial charge in [0.15, 0.2) is 0 Å². The lowest BCUT2D eigenvalue weighted by Gasteiger charge is -2.43. The molecule has 2 atom stereocenters. The van der Waals surface area contributed by atoms with Gasteiger partial charge in [-0.15, -0.1) is 0 Å². The van der Waals surface area contributed by atoms with Crippen LogP contribution in [0.5, 0.6) is 5.75 Å². The Morgan fingerprint density at radius 3 is 2.31 bits per heavy atom. The summed E-state index contributed by atoms with van der Waals surface area (Å²) < 4.78 is 5.25. The van der Waals surface area contributed by atoms with E-state index in [2.05, 4.69) is 19.9 Å². The van der Waals surface area contributed by atoms with Crippen molar-refractivity contribution in [3.05, 3.63) is 90.0 Å². The van der Waals surface area contributed by atoms with Crippen LogP contribution < -0.4 is 14.5 Å². The molecule has 0 aromatic heterocycles. The molecule has 0 radical (unpaired) electrons. The van der Waals surface area contributed by atoms with Crippen molar-refractivity contribution in [3.8, 4) is 5.75 Å². The van der Waals surface area contributed by atoms with Gasteiger partial charge in [-0.3, -0.25) is 9.59 Å². The van der Waals surface area contributed by atoms with E-state index in [0.717, 1.165) is 36.2 Å². The number of amides is 2. The lowest BCUT2D eigenvalue weighted by atomic mass is 9.89. The number of nitrogens with zero attached hydrogens (tertiary/aromatic N) is 2. The summed E-state index contributed by atoms with van der Waals surface area (Å²) in [5.74, 6) is 0.798. The fourth-order valence-corrected chi connectivity index (χ4v) is 4.94. The van der Waals surface area contributed by atoms with Crippen LogP contribution in [0, 0.1) is 0 Å². The summed E-state index contributed by atoms with van der Waals surface area (Å²) in [6.45, 7) is 4.21. The Labute approximate surface area is 208 Å². The lowest BCUT2D eigenvalue weighted by Crippen LogP contribution is -2.47.